The second-order valence-corrected chi connectivity index (χ2v) is 6.85. The van der Waals surface area contributed by atoms with Gasteiger partial charge >= 0.3 is 0 Å². The van der Waals surface area contributed by atoms with E-state index in [2.05, 4.69) is 51.8 Å². The van der Waals surface area contributed by atoms with E-state index < -0.39 is 10.0 Å². The Morgan fingerprint density at radius 1 is 1.33 bits per heavy atom. The van der Waals surface area contributed by atoms with Crippen LogP contribution in [-0.2, 0) is 10.0 Å². The molecular formula is C9H8Br2N4O2S. The SMILES string of the molecule is Cc1nc(NS(=O)(=O)c2cc(Br)ccc2Br)n[nH]1. The van der Waals surface area contributed by atoms with E-state index in [-0.39, 0.29) is 10.8 Å². The zero-order valence-electron chi connectivity index (χ0n) is 9.11. The van der Waals surface area contributed by atoms with Gasteiger partial charge < -0.3 is 0 Å². The van der Waals surface area contributed by atoms with Crippen LogP contribution < -0.4 is 4.72 Å². The molecule has 0 fully saturated rings. The molecule has 0 amide bonds. The van der Waals surface area contributed by atoms with Crippen LogP contribution in [0.1, 0.15) is 5.82 Å². The third-order valence-electron chi connectivity index (χ3n) is 2.01. The Morgan fingerprint density at radius 2 is 2.06 bits per heavy atom. The van der Waals surface area contributed by atoms with Crippen molar-refractivity contribution in [2.24, 2.45) is 0 Å². The molecule has 0 aliphatic heterocycles. The van der Waals surface area contributed by atoms with Crippen LogP contribution in [0, 0.1) is 6.92 Å². The van der Waals surface area contributed by atoms with Crippen molar-refractivity contribution in [3.05, 3.63) is 33.0 Å². The van der Waals surface area contributed by atoms with Crippen molar-refractivity contribution >= 4 is 47.8 Å². The molecular weight excluding hydrogens is 388 g/mol. The van der Waals surface area contributed by atoms with Crippen LogP contribution in [0.25, 0.3) is 0 Å². The molecule has 0 saturated heterocycles. The van der Waals surface area contributed by atoms with Gasteiger partial charge in [-0.05, 0) is 41.1 Å². The largest absolute Gasteiger partial charge is 0.265 e. The van der Waals surface area contributed by atoms with E-state index in [1.807, 2.05) is 0 Å². The fraction of sp³-hybridized carbons (Fsp3) is 0.111. The van der Waals surface area contributed by atoms with Gasteiger partial charge in [-0.25, -0.2) is 13.1 Å². The number of halogens is 2. The van der Waals surface area contributed by atoms with Crippen LogP contribution in [0.5, 0.6) is 0 Å². The third-order valence-corrected chi connectivity index (χ3v) is 4.82. The molecule has 18 heavy (non-hydrogen) atoms. The number of sulfonamides is 1. The van der Waals surface area contributed by atoms with Crippen molar-refractivity contribution in [2.45, 2.75) is 11.8 Å². The Bertz CT molecular complexity index is 684. The van der Waals surface area contributed by atoms with Crippen LogP contribution >= 0.6 is 31.9 Å². The van der Waals surface area contributed by atoms with Gasteiger partial charge in [-0.1, -0.05) is 15.9 Å². The minimum Gasteiger partial charge on any atom is -0.261 e. The maximum Gasteiger partial charge on any atom is 0.265 e. The number of aryl methyl sites for hydroxylation is 1. The molecule has 2 rings (SSSR count). The number of rotatable bonds is 3. The van der Waals surface area contributed by atoms with Crippen molar-refractivity contribution in [1.82, 2.24) is 15.2 Å². The van der Waals surface area contributed by atoms with Crippen molar-refractivity contribution in [3.8, 4) is 0 Å². The first-order valence-corrected chi connectivity index (χ1v) is 7.82. The lowest BCUT2D eigenvalue weighted by Gasteiger charge is -2.07. The summed E-state index contributed by atoms with van der Waals surface area (Å²) in [6.45, 7) is 1.68. The summed E-state index contributed by atoms with van der Waals surface area (Å²) in [5.41, 5.74) is 0. The molecule has 2 N–H and O–H groups in total. The van der Waals surface area contributed by atoms with Crippen LogP contribution in [-0.4, -0.2) is 23.6 Å². The number of H-pyrrole nitrogens is 1. The molecule has 1 aromatic carbocycles. The molecule has 1 heterocycles. The second kappa shape index (κ2) is 4.98. The fourth-order valence-electron chi connectivity index (χ4n) is 1.25. The Kier molecular flexibility index (Phi) is 3.74. The summed E-state index contributed by atoms with van der Waals surface area (Å²) in [5.74, 6) is 0.542. The molecule has 0 radical (unpaired) electrons. The molecule has 9 heteroatoms. The average Bonchev–Trinajstić information content (AvgIpc) is 2.66. The van der Waals surface area contributed by atoms with E-state index in [4.69, 9.17) is 0 Å². The second-order valence-electron chi connectivity index (χ2n) is 3.42. The Balaban J connectivity index is 2.39. The lowest BCUT2D eigenvalue weighted by atomic mass is 10.4. The van der Waals surface area contributed by atoms with E-state index >= 15 is 0 Å². The highest BCUT2D eigenvalue weighted by atomic mass is 79.9. The average molecular weight is 396 g/mol. The standard InChI is InChI=1S/C9H8Br2N4O2S/c1-5-12-9(14-13-5)15-18(16,17)8-4-6(10)2-3-7(8)11/h2-4H,1H3,(H2,12,13,14,15). The zero-order valence-corrected chi connectivity index (χ0v) is 13.1. The number of nitrogens with one attached hydrogen (secondary N) is 2. The highest BCUT2D eigenvalue weighted by Gasteiger charge is 2.19. The van der Waals surface area contributed by atoms with Crippen LogP contribution in [0.4, 0.5) is 5.95 Å². The summed E-state index contributed by atoms with van der Waals surface area (Å²) in [5, 5.41) is 6.28. The zero-order chi connectivity index (χ0) is 13.3. The van der Waals surface area contributed by atoms with Gasteiger partial charge in [0.15, 0.2) is 0 Å². The number of anilines is 1. The molecule has 2 aromatic rings. The third kappa shape index (κ3) is 2.90. The minimum atomic E-state index is -3.73. The molecule has 96 valence electrons. The monoisotopic (exact) mass is 394 g/mol. The van der Waals surface area contributed by atoms with Gasteiger partial charge in [0.05, 0.1) is 0 Å². The fourth-order valence-corrected chi connectivity index (χ4v) is 3.69. The van der Waals surface area contributed by atoms with Crippen molar-refractivity contribution in [2.75, 3.05) is 4.72 Å². The van der Waals surface area contributed by atoms with Gasteiger partial charge in [0.2, 0.25) is 0 Å². The van der Waals surface area contributed by atoms with E-state index in [1.165, 1.54) is 6.07 Å². The maximum atomic E-state index is 12.1. The van der Waals surface area contributed by atoms with Crippen molar-refractivity contribution in [1.29, 1.82) is 0 Å². The summed E-state index contributed by atoms with van der Waals surface area (Å²) in [7, 11) is -3.73. The number of hydrogen-bond acceptors (Lipinski definition) is 4. The summed E-state index contributed by atoms with van der Waals surface area (Å²) >= 11 is 6.42. The first-order chi connectivity index (χ1) is 8.38. The Morgan fingerprint density at radius 3 is 2.67 bits per heavy atom. The molecule has 0 spiro atoms. The predicted octanol–water partition coefficient (Wildman–Crippen LogP) is 2.44. The number of aromatic nitrogens is 3. The number of hydrogen-bond donors (Lipinski definition) is 2. The highest BCUT2D eigenvalue weighted by Crippen LogP contribution is 2.26. The lowest BCUT2D eigenvalue weighted by Crippen LogP contribution is -2.14. The predicted molar refractivity (Wildman–Crippen MR) is 73.8 cm³/mol. The quantitative estimate of drug-likeness (QED) is 0.835. The molecule has 1 aromatic heterocycles. The molecule has 0 unspecified atom stereocenters. The van der Waals surface area contributed by atoms with Gasteiger partial charge in [0.1, 0.15) is 10.7 Å². The minimum absolute atomic E-state index is 0.0133. The molecule has 0 aliphatic carbocycles. The van der Waals surface area contributed by atoms with Crippen molar-refractivity contribution < 1.29 is 8.42 Å². The maximum absolute atomic E-state index is 12.1. The number of benzene rings is 1. The summed E-state index contributed by atoms with van der Waals surface area (Å²) in [6.07, 6.45) is 0. The van der Waals surface area contributed by atoms with Crippen LogP contribution in [0.15, 0.2) is 32.0 Å². The number of aromatic amines is 1. The van der Waals surface area contributed by atoms with E-state index in [9.17, 15) is 8.42 Å². The Labute approximate surface area is 121 Å². The number of nitrogens with zero attached hydrogens (tertiary/aromatic N) is 2. The van der Waals surface area contributed by atoms with Gasteiger partial charge in [-0.3, -0.25) is 5.10 Å². The summed E-state index contributed by atoms with van der Waals surface area (Å²) < 4.78 is 27.7. The van der Waals surface area contributed by atoms with Gasteiger partial charge in [0.25, 0.3) is 16.0 Å². The first kappa shape index (κ1) is 13.5. The summed E-state index contributed by atoms with van der Waals surface area (Å²) in [4.78, 5) is 4.00. The van der Waals surface area contributed by atoms with Crippen molar-refractivity contribution in [3.63, 3.8) is 0 Å². The van der Waals surface area contributed by atoms with E-state index in [1.54, 1.807) is 19.1 Å². The molecule has 0 aliphatic rings. The lowest BCUT2D eigenvalue weighted by molar-refractivity contribution is 0.600. The molecule has 0 atom stereocenters. The molecule has 6 nitrogen and oxygen atoms in total. The van der Waals surface area contributed by atoms with Gasteiger partial charge in [-0.15, -0.1) is 5.10 Å². The van der Waals surface area contributed by atoms with E-state index in [0.717, 1.165) is 0 Å². The highest BCUT2D eigenvalue weighted by molar-refractivity contribution is 9.11. The smallest absolute Gasteiger partial charge is 0.261 e. The van der Waals surface area contributed by atoms with Gasteiger partial charge in [0, 0.05) is 8.95 Å². The molecule has 0 saturated carbocycles. The normalized spacial score (nSPS) is 11.5. The molecule has 0 bridgehead atoms. The van der Waals surface area contributed by atoms with Crippen LogP contribution in [0.3, 0.4) is 0 Å². The summed E-state index contributed by atoms with van der Waals surface area (Å²) in [6, 6.07) is 4.87. The first-order valence-electron chi connectivity index (χ1n) is 4.75. The Hall–Kier alpha value is -0.930. The van der Waals surface area contributed by atoms with E-state index in [0.29, 0.717) is 14.8 Å². The van der Waals surface area contributed by atoms with Gasteiger partial charge in [-0.2, -0.15) is 4.98 Å². The topological polar surface area (TPSA) is 87.7 Å². The van der Waals surface area contributed by atoms with Crippen LogP contribution in [0.2, 0.25) is 0 Å².